The van der Waals surface area contributed by atoms with Gasteiger partial charge in [-0.1, -0.05) is 30.4 Å². The van der Waals surface area contributed by atoms with Crippen molar-refractivity contribution >= 4 is 6.21 Å². The minimum absolute atomic E-state index is 0.115. The van der Waals surface area contributed by atoms with Crippen molar-refractivity contribution in [2.45, 2.75) is 12.0 Å². The molecule has 0 aromatic carbocycles. The molecule has 2 unspecified atom stereocenters. The molecule has 0 amide bonds. The third kappa shape index (κ3) is 1.80. The van der Waals surface area contributed by atoms with Gasteiger partial charge in [0.1, 0.15) is 0 Å². The van der Waals surface area contributed by atoms with E-state index < -0.39 is 0 Å². The summed E-state index contributed by atoms with van der Waals surface area (Å²) >= 11 is 0. The summed E-state index contributed by atoms with van der Waals surface area (Å²) in [6.07, 6.45) is 17.1. The zero-order chi connectivity index (χ0) is 11.6. The second-order valence-corrected chi connectivity index (χ2v) is 4.15. The highest BCUT2D eigenvalue weighted by atomic mass is 15.4. The van der Waals surface area contributed by atoms with E-state index in [4.69, 9.17) is 0 Å². The van der Waals surface area contributed by atoms with Crippen molar-refractivity contribution in [2.24, 2.45) is 10.9 Å². The monoisotopic (exact) mass is 225 g/mol. The molecule has 1 aliphatic heterocycles. The maximum Gasteiger partial charge on any atom is 0.0928 e. The standard InChI is InChI=1S/C10H9N.C2H2N4/c1-2-4-10-6-8(7-11-10)5-9(10)3-1;1-2-4-6-5-3-1/h1-5,7,9H,6H2;1-2H. The van der Waals surface area contributed by atoms with Crippen LogP contribution in [0.4, 0.5) is 0 Å². The molecule has 0 saturated heterocycles. The minimum Gasteiger partial charge on any atom is -0.281 e. The molecule has 2 heterocycles. The van der Waals surface area contributed by atoms with E-state index in [1.54, 1.807) is 0 Å². The van der Waals surface area contributed by atoms with Gasteiger partial charge in [0.25, 0.3) is 0 Å². The fourth-order valence-electron chi connectivity index (χ4n) is 2.31. The quantitative estimate of drug-likeness (QED) is 0.664. The van der Waals surface area contributed by atoms with Gasteiger partial charge in [0, 0.05) is 18.6 Å². The Labute approximate surface area is 98.7 Å². The molecule has 1 spiro atoms. The van der Waals surface area contributed by atoms with Gasteiger partial charge in [-0.3, -0.25) is 4.99 Å². The first-order valence-corrected chi connectivity index (χ1v) is 5.46. The van der Waals surface area contributed by atoms with Crippen LogP contribution in [0.15, 0.2) is 53.3 Å². The van der Waals surface area contributed by atoms with Crippen LogP contribution in [0.5, 0.6) is 0 Å². The number of fused-ring (bicyclic) bond motifs is 1. The molecule has 2 bridgehead atoms. The molecular weight excluding hydrogens is 214 g/mol. The Morgan fingerprint density at radius 2 is 1.94 bits per heavy atom. The molecule has 84 valence electrons. The van der Waals surface area contributed by atoms with E-state index in [1.165, 1.54) is 18.0 Å². The van der Waals surface area contributed by atoms with Crippen LogP contribution < -0.4 is 0 Å². The number of rotatable bonds is 0. The van der Waals surface area contributed by atoms with Gasteiger partial charge in [0.05, 0.1) is 17.9 Å². The summed E-state index contributed by atoms with van der Waals surface area (Å²) in [6.45, 7) is 0. The smallest absolute Gasteiger partial charge is 0.0928 e. The lowest BCUT2D eigenvalue weighted by molar-refractivity contribution is 0.497. The van der Waals surface area contributed by atoms with Gasteiger partial charge >= 0.3 is 0 Å². The summed E-state index contributed by atoms with van der Waals surface area (Å²) in [7, 11) is 0. The largest absolute Gasteiger partial charge is 0.281 e. The van der Waals surface area contributed by atoms with Crippen molar-refractivity contribution in [2.75, 3.05) is 0 Å². The van der Waals surface area contributed by atoms with Crippen LogP contribution in [0.2, 0.25) is 0 Å². The van der Waals surface area contributed by atoms with Crippen LogP contribution in [-0.2, 0) is 0 Å². The molecule has 0 fully saturated rings. The number of hydrogen-bond donors (Lipinski definition) is 0. The zero-order valence-electron chi connectivity index (χ0n) is 9.14. The maximum atomic E-state index is 4.53. The maximum absolute atomic E-state index is 4.53. The van der Waals surface area contributed by atoms with Crippen molar-refractivity contribution in [3.8, 4) is 0 Å². The van der Waals surface area contributed by atoms with Crippen LogP contribution >= 0.6 is 0 Å². The summed E-state index contributed by atoms with van der Waals surface area (Å²) in [5.74, 6) is 0.549. The van der Waals surface area contributed by atoms with Crippen molar-refractivity contribution in [3.63, 3.8) is 0 Å². The Kier molecular flexibility index (Phi) is 2.36. The van der Waals surface area contributed by atoms with E-state index >= 15 is 0 Å². The lowest BCUT2D eigenvalue weighted by atomic mass is 9.84. The highest BCUT2D eigenvalue weighted by molar-refractivity contribution is 5.85. The van der Waals surface area contributed by atoms with Gasteiger partial charge in [0.15, 0.2) is 0 Å². The highest BCUT2D eigenvalue weighted by Gasteiger charge is 2.42. The molecular formula is C12H11N5. The van der Waals surface area contributed by atoms with Gasteiger partial charge in [-0.05, 0) is 16.0 Å². The molecule has 0 radical (unpaired) electrons. The first-order chi connectivity index (χ1) is 8.39. The van der Waals surface area contributed by atoms with E-state index in [1.807, 2.05) is 6.21 Å². The summed E-state index contributed by atoms with van der Waals surface area (Å²) in [6, 6.07) is 0. The van der Waals surface area contributed by atoms with E-state index in [0.29, 0.717) is 5.92 Å². The van der Waals surface area contributed by atoms with E-state index in [9.17, 15) is 0 Å². The van der Waals surface area contributed by atoms with Crippen LogP contribution in [0.3, 0.4) is 0 Å². The lowest BCUT2D eigenvalue weighted by Crippen LogP contribution is -2.27. The molecule has 17 heavy (non-hydrogen) atoms. The molecule has 5 heteroatoms. The molecule has 0 N–H and O–H groups in total. The molecule has 3 aliphatic rings. The Morgan fingerprint density at radius 3 is 2.53 bits per heavy atom. The molecule has 4 rings (SSSR count). The molecule has 2 aliphatic carbocycles. The second-order valence-electron chi connectivity index (χ2n) is 4.15. The van der Waals surface area contributed by atoms with Gasteiger partial charge in [0.2, 0.25) is 0 Å². The van der Waals surface area contributed by atoms with Gasteiger partial charge in [-0.15, -0.1) is 10.2 Å². The molecule has 5 nitrogen and oxygen atoms in total. The molecule has 0 saturated carbocycles. The predicted octanol–water partition coefficient (Wildman–Crippen LogP) is 1.15. The molecule has 1 aromatic rings. The summed E-state index contributed by atoms with van der Waals surface area (Å²) in [4.78, 5) is 4.53. The SMILES string of the molecule is C1=CC2C=C3C=NC2(C=C1)C3.c1cnnnn1. The topological polar surface area (TPSA) is 63.9 Å². The lowest BCUT2D eigenvalue weighted by Gasteiger charge is -2.26. The van der Waals surface area contributed by atoms with Crippen molar-refractivity contribution in [1.82, 2.24) is 20.6 Å². The zero-order valence-corrected chi connectivity index (χ0v) is 9.14. The summed E-state index contributed by atoms with van der Waals surface area (Å²) in [5.41, 5.74) is 1.52. The van der Waals surface area contributed by atoms with Crippen LogP contribution in [0.1, 0.15) is 6.42 Å². The first kappa shape index (κ1) is 10.0. The number of hydrogen-bond acceptors (Lipinski definition) is 5. The van der Waals surface area contributed by atoms with Gasteiger partial charge in [-0.25, -0.2) is 0 Å². The van der Waals surface area contributed by atoms with E-state index in [0.717, 1.165) is 6.42 Å². The van der Waals surface area contributed by atoms with Crippen LogP contribution in [0, 0.1) is 5.92 Å². The van der Waals surface area contributed by atoms with E-state index in [-0.39, 0.29) is 5.54 Å². The van der Waals surface area contributed by atoms with E-state index in [2.05, 4.69) is 56.0 Å². The normalized spacial score (nSPS) is 30.6. The Hall–Kier alpha value is -2.17. The number of aromatic nitrogens is 4. The Bertz CT molecular complexity index is 490. The molecule has 2 atom stereocenters. The fraction of sp³-hybridized carbons (Fsp3) is 0.250. The third-order valence-corrected chi connectivity index (χ3v) is 3.09. The fourth-order valence-corrected chi connectivity index (χ4v) is 2.31. The van der Waals surface area contributed by atoms with Crippen LogP contribution in [-0.4, -0.2) is 32.4 Å². The Balaban J connectivity index is 0.000000129. The van der Waals surface area contributed by atoms with Gasteiger partial charge in [-0.2, -0.15) is 0 Å². The van der Waals surface area contributed by atoms with Crippen molar-refractivity contribution < 1.29 is 0 Å². The number of aliphatic imine (C=N–C) groups is 1. The number of dihydropyridines is 1. The summed E-state index contributed by atoms with van der Waals surface area (Å²) < 4.78 is 0. The van der Waals surface area contributed by atoms with Crippen molar-refractivity contribution in [3.05, 3.63) is 48.3 Å². The highest BCUT2D eigenvalue weighted by Crippen LogP contribution is 2.44. The average molecular weight is 225 g/mol. The second kappa shape index (κ2) is 4.01. The summed E-state index contributed by atoms with van der Waals surface area (Å²) in [5, 5.41) is 13.1. The van der Waals surface area contributed by atoms with Crippen molar-refractivity contribution in [1.29, 1.82) is 0 Å². The number of allylic oxidation sites excluding steroid dienone is 2. The number of nitrogens with zero attached hydrogens (tertiary/aromatic N) is 5. The van der Waals surface area contributed by atoms with Crippen LogP contribution in [0.25, 0.3) is 0 Å². The third-order valence-electron chi connectivity index (χ3n) is 3.09. The predicted molar refractivity (Wildman–Crippen MR) is 63.3 cm³/mol. The average Bonchev–Trinajstić information content (AvgIpc) is 2.97. The first-order valence-electron chi connectivity index (χ1n) is 5.46. The minimum atomic E-state index is 0.115. The Morgan fingerprint density at radius 1 is 1.12 bits per heavy atom. The molecule has 1 aromatic heterocycles. The van der Waals surface area contributed by atoms with Gasteiger partial charge < -0.3 is 0 Å².